The number of hydrogen-bond donors (Lipinski definition) is 2. The average Bonchev–Trinajstić information content (AvgIpc) is 2.61. The lowest BCUT2D eigenvalue weighted by molar-refractivity contribution is 0.0919. The van der Waals surface area contributed by atoms with Gasteiger partial charge in [-0.1, -0.05) is 55.0 Å². The fourth-order valence-electron chi connectivity index (χ4n) is 2.54. The number of carbonyl (C=O) groups excluding carboxylic acids is 2. The molecule has 0 aliphatic rings. The predicted molar refractivity (Wildman–Crippen MR) is 94.3 cm³/mol. The van der Waals surface area contributed by atoms with E-state index in [4.69, 9.17) is 5.11 Å². The minimum Gasteiger partial charge on any atom is -0.396 e. The quantitative estimate of drug-likeness (QED) is 0.769. The highest BCUT2D eigenvalue weighted by molar-refractivity contribution is 6.15. The molecule has 1 atom stereocenters. The molecule has 0 aliphatic carbocycles. The van der Waals surface area contributed by atoms with Crippen molar-refractivity contribution < 1.29 is 14.7 Å². The standard InChI is InChI=1S/C20H23NO3/c1-3-16(12-13-22)21-20(24)18-7-5-4-6-17(18)19(23)15-10-8-14(2)9-11-15/h4-11,16,22H,3,12-13H2,1-2H3,(H,21,24). The van der Waals surface area contributed by atoms with Gasteiger partial charge in [0.1, 0.15) is 0 Å². The highest BCUT2D eigenvalue weighted by Gasteiger charge is 2.19. The number of aryl methyl sites for hydroxylation is 1. The van der Waals surface area contributed by atoms with Crippen LogP contribution in [-0.2, 0) is 0 Å². The third-order valence-electron chi connectivity index (χ3n) is 4.04. The highest BCUT2D eigenvalue weighted by Crippen LogP contribution is 2.16. The molecule has 2 aromatic carbocycles. The predicted octanol–water partition coefficient (Wildman–Crippen LogP) is 3.12. The molecule has 1 unspecified atom stereocenters. The van der Waals surface area contributed by atoms with Crippen LogP contribution < -0.4 is 5.32 Å². The van der Waals surface area contributed by atoms with Gasteiger partial charge in [0.15, 0.2) is 5.78 Å². The number of benzene rings is 2. The van der Waals surface area contributed by atoms with Gasteiger partial charge in [0.2, 0.25) is 0 Å². The molecule has 0 heterocycles. The zero-order valence-electron chi connectivity index (χ0n) is 14.1. The molecule has 0 spiro atoms. The molecule has 0 aliphatic heterocycles. The van der Waals surface area contributed by atoms with E-state index in [1.807, 2.05) is 26.0 Å². The van der Waals surface area contributed by atoms with Crippen molar-refractivity contribution in [3.8, 4) is 0 Å². The molecule has 0 saturated carbocycles. The molecule has 24 heavy (non-hydrogen) atoms. The number of ketones is 1. The van der Waals surface area contributed by atoms with Crippen molar-refractivity contribution in [2.45, 2.75) is 32.7 Å². The molecule has 2 N–H and O–H groups in total. The Hall–Kier alpha value is -2.46. The molecule has 0 fully saturated rings. The zero-order valence-corrected chi connectivity index (χ0v) is 14.1. The van der Waals surface area contributed by atoms with E-state index in [2.05, 4.69) is 5.32 Å². The van der Waals surface area contributed by atoms with Gasteiger partial charge < -0.3 is 10.4 Å². The Bertz CT molecular complexity index is 707. The Kier molecular flexibility index (Phi) is 6.27. The van der Waals surface area contributed by atoms with Crippen LogP contribution >= 0.6 is 0 Å². The lowest BCUT2D eigenvalue weighted by Gasteiger charge is -2.17. The van der Waals surface area contributed by atoms with Crippen LogP contribution in [0, 0.1) is 6.92 Å². The molecule has 0 bridgehead atoms. The van der Waals surface area contributed by atoms with Crippen molar-refractivity contribution in [3.05, 3.63) is 70.8 Å². The first-order valence-corrected chi connectivity index (χ1v) is 8.19. The third-order valence-corrected chi connectivity index (χ3v) is 4.04. The van der Waals surface area contributed by atoms with Crippen molar-refractivity contribution in [1.29, 1.82) is 0 Å². The summed E-state index contributed by atoms with van der Waals surface area (Å²) in [6.07, 6.45) is 1.22. The molecule has 1 amide bonds. The van der Waals surface area contributed by atoms with Crippen LogP contribution in [0.1, 0.15) is 51.6 Å². The van der Waals surface area contributed by atoms with Crippen LogP contribution in [0.4, 0.5) is 0 Å². The van der Waals surface area contributed by atoms with Gasteiger partial charge in [-0.2, -0.15) is 0 Å². The SMILES string of the molecule is CCC(CCO)NC(=O)c1ccccc1C(=O)c1ccc(C)cc1. The van der Waals surface area contributed by atoms with Crippen LogP contribution in [0.2, 0.25) is 0 Å². The highest BCUT2D eigenvalue weighted by atomic mass is 16.3. The van der Waals surface area contributed by atoms with Gasteiger partial charge in [-0.25, -0.2) is 0 Å². The summed E-state index contributed by atoms with van der Waals surface area (Å²) < 4.78 is 0. The van der Waals surface area contributed by atoms with Crippen molar-refractivity contribution in [1.82, 2.24) is 5.32 Å². The summed E-state index contributed by atoms with van der Waals surface area (Å²) in [4.78, 5) is 25.3. The monoisotopic (exact) mass is 325 g/mol. The topological polar surface area (TPSA) is 66.4 Å². The van der Waals surface area contributed by atoms with Gasteiger partial charge in [-0.05, 0) is 25.8 Å². The van der Waals surface area contributed by atoms with E-state index < -0.39 is 0 Å². The van der Waals surface area contributed by atoms with Gasteiger partial charge in [-0.3, -0.25) is 9.59 Å². The summed E-state index contributed by atoms with van der Waals surface area (Å²) in [6, 6.07) is 14.0. The minimum absolute atomic E-state index is 0.0166. The Morgan fingerprint density at radius 3 is 2.25 bits per heavy atom. The van der Waals surface area contributed by atoms with E-state index in [0.29, 0.717) is 23.1 Å². The third kappa shape index (κ3) is 4.30. The maximum absolute atomic E-state index is 12.7. The van der Waals surface area contributed by atoms with Crippen LogP contribution in [0.3, 0.4) is 0 Å². The number of carbonyl (C=O) groups is 2. The molecule has 0 radical (unpaired) electrons. The normalized spacial score (nSPS) is 11.8. The second kappa shape index (κ2) is 8.41. The average molecular weight is 325 g/mol. The number of aliphatic hydroxyl groups excluding tert-OH is 1. The Morgan fingerprint density at radius 2 is 1.67 bits per heavy atom. The first-order chi connectivity index (χ1) is 11.6. The van der Waals surface area contributed by atoms with E-state index in [1.54, 1.807) is 36.4 Å². The first kappa shape index (κ1) is 17.9. The Morgan fingerprint density at radius 1 is 1.04 bits per heavy atom. The largest absolute Gasteiger partial charge is 0.396 e. The maximum atomic E-state index is 12.7. The Labute approximate surface area is 142 Å². The second-order valence-corrected chi connectivity index (χ2v) is 5.83. The molecule has 4 heteroatoms. The van der Waals surface area contributed by atoms with E-state index in [0.717, 1.165) is 12.0 Å². The van der Waals surface area contributed by atoms with Crippen LogP contribution in [0.25, 0.3) is 0 Å². The van der Waals surface area contributed by atoms with Crippen LogP contribution in [0.5, 0.6) is 0 Å². The van der Waals surface area contributed by atoms with Gasteiger partial charge >= 0.3 is 0 Å². The molecule has 0 aromatic heterocycles. The summed E-state index contributed by atoms with van der Waals surface area (Å²) in [7, 11) is 0. The van der Waals surface area contributed by atoms with Gasteiger partial charge in [-0.15, -0.1) is 0 Å². The molecular weight excluding hydrogens is 302 g/mol. The summed E-state index contributed by atoms with van der Waals surface area (Å²) in [5.41, 5.74) is 2.38. The number of nitrogens with one attached hydrogen (secondary N) is 1. The van der Waals surface area contributed by atoms with Gasteiger partial charge in [0.25, 0.3) is 5.91 Å². The molecule has 4 nitrogen and oxygen atoms in total. The van der Waals surface area contributed by atoms with E-state index in [1.165, 1.54) is 0 Å². The Balaban J connectivity index is 2.28. The zero-order chi connectivity index (χ0) is 17.5. The molecule has 2 aromatic rings. The van der Waals surface area contributed by atoms with Crippen molar-refractivity contribution in [3.63, 3.8) is 0 Å². The molecule has 0 saturated heterocycles. The lowest BCUT2D eigenvalue weighted by Crippen LogP contribution is -2.35. The van der Waals surface area contributed by atoms with E-state index in [9.17, 15) is 9.59 Å². The number of amides is 1. The van der Waals surface area contributed by atoms with Gasteiger partial charge in [0, 0.05) is 23.8 Å². The van der Waals surface area contributed by atoms with E-state index in [-0.39, 0.29) is 24.3 Å². The van der Waals surface area contributed by atoms with Crippen molar-refractivity contribution in [2.24, 2.45) is 0 Å². The lowest BCUT2D eigenvalue weighted by atomic mass is 9.97. The molecule has 126 valence electrons. The summed E-state index contributed by atoms with van der Waals surface area (Å²) in [5.74, 6) is -0.456. The number of aliphatic hydroxyl groups is 1. The second-order valence-electron chi connectivity index (χ2n) is 5.83. The number of hydrogen-bond acceptors (Lipinski definition) is 3. The minimum atomic E-state index is -0.286. The summed E-state index contributed by atoms with van der Waals surface area (Å²) >= 11 is 0. The van der Waals surface area contributed by atoms with Crippen molar-refractivity contribution in [2.75, 3.05) is 6.61 Å². The molecular formula is C20H23NO3. The number of rotatable bonds is 7. The fourth-order valence-corrected chi connectivity index (χ4v) is 2.54. The van der Waals surface area contributed by atoms with Crippen molar-refractivity contribution >= 4 is 11.7 Å². The van der Waals surface area contributed by atoms with Gasteiger partial charge in [0.05, 0.1) is 5.56 Å². The summed E-state index contributed by atoms with van der Waals surface area (Å²) in [5, 5.41) is 11.9. The maximum Gasteiger partial charge on any atom is 0.252 e. The summed E-state index contributed by atoms with van der Waals surface area (Å²) in [6.45, 7) is 3.92. The fraction of sp³-hybridized carbons (Fsp3) is 0.300. The van der Waals surface area contributed by atoms with Crippen LogP contribution in [0.15, 0.2) is 48.5 Å². The molecule has 2 rings (SSSR count). The van der Waals surface area contributed by atoms with Crippen LogP contribution in [-0.4, -0.2) is 29.4 Å². The van der Waals surface area contributed by atoms with E-state index >= 15 is 0 Å². The first-order valence-electron chi connectivity index (χ1n) is 8.19. The smallest absolute Gasteiger partial charge is 0.252 e.